The van der Waals surface area contributed by atoms with Crippen molar-refractivity contribution in [3.05, 3.63) is 0 Å². The van der Waals surface area contributed by atoms with Crippen LogP contribution in [0.4, 0.5) is 0 Å². The van der Waals surface area contributed by atoms with Crippen molar-refractivity contribution in [2.45, 2.75) is 18.6 Å². The summed E-state index contributed by atoms with van der Waals surface area (Å²) in [5, 5.41) is 26.7. The maximum Gasteiger partial charge on any atom is 0.346 e. The summed E-state index contributed by atoms with van der Waals surface area (Å²) < 4.78 is 20.3. The van der Waals surface area contributed by atoms with Gasteiger partial charge >= 0.3 is 13.6 Å². The van der Waals surface area contributed by atoms with E-state index in [2.05, 4.69) is 0 Å². The van der Waals surface area contributed by atoms with Gasteiger partial charge in [-0.3, -0.25) is 4.79 Å². The van der Waals surface area contributed by atoms with Gasteiger partial charge in [-0.1, -0.05) is 0 Å². The van der Waals surface area contributed by atoms with Crippen molar-refractivity contribution in [2.75, 3.05) is 6.16 Å². The summed E-state index contributed by atoms with van der Waals surface area (Å²) in [5.41, 5.74) is -3.06. The molecule has 0 aromatic carbocycles. The highest BCUT2D eigenvalue weighted by molar-refractivity contribution is 7.30. The number of rotatable bonds is 5. The molecule has 0 saturated carbocycles. The van der Waals surface area contributed by atoms with Crippen molar-refractivity contribution >= 4 is 19.4 Å². The van der Waals surface area contributed by atoms with Crippen LogP contribution in [0, 0.1) is 0 Å². The molecule has 0 aliphatic heterocycles. The molecule has 0 spiro atoms. The fraction of sp³-hybridized carbons (Fsp3) is 0.667. The molecule has 0 aliphatic rings. The number of carboxylic acid groups (broad SMARTS) is 1. The van der Waals surface area contributed by atoms with Gasteiger partial charge in [0.2, 0.25) is 5.60 Å². The summed E-state index contributed by atoms with van der Waals surface area (Å²) in [4.78, 5) is 21.2. The van der Waals surface area contributed by atoms with Crippen LogP contribution >= 0.6 is 7.68 Å². The Morgan fingerprint density at radius 2 is 1.86 bits per heavy atom. The number of carboxylic acids is 1. The van der Waals surface area contributed by atoms with Crippen LogP contribution in [0.25, 0.3) is 0 Å². The molecule has 0 aliphatic carbocycles. The fourth-order valence-corrected chi connectivity index (χ4v) is 1.35. The predicted molar refractivity (Wildman–Crippen MR) is 42.4 cm³/mol. The second-order valence-corrected chi connectivity index (χ2v) is 3.69. The van der Waals surface area contributed by atoms with Gasteiger partial charge < -0.3 is 15.3 Å². The molecule has 0 bridgehead atoms. The maximum atomic E-state index is 10.7. The van der Waals surface area contributed by atoms with Gasteiger partial charge in [-0.05, 0) is 6.92 Å². The Labute approximate surface area is 79.2 Å². The lowest BCUT2D eigenvalue weighted by atomic mass is 9.94. The van der Waals surface area contributed by atoms with Crippen LogP contribution in [0.2, 0.25) is 0 Å². The maximum absolute atomic E-state index is 10.7. The topological polar surface area (TPSA) is 129 Å². The third-order valence-corrected chi connectivity index (χ3v) is 2.31. The number of hydrogen-bond acceptors (Lipinski definition) is 6. The van der Waals surface area contributed by atoms with E-state index in [1.165, 1.54) is 0 Å². The Hall–Kier alpha value is -1.04. The summed E-state index contributed by atoms with van der Waals surface area (Å²) in [5.74, 6) is -3.20. The lowest BCUT2D eigenvalue weighted by Crippen LogP contribution is -2.55. The van der Waals surface area contributed by atoms with Gasteiger partial charge in [0.15, 0.2) is 5.78 Å². The molecule has 8 heteroatoms. The number of aliphatic hydroxyl groups excluding tert-OH is 1. The van der Waals surface area contributed by atoms with Crippen LogP contribution < -0.4 is 0 Å². The van der Waals surface area contributed by atoms with E-state index in [1.54, 1.807) is 0 Å². The van der Waals surface area contributed by atoms with Crippen molar-refractivity contribution in [1.29, 1.82) is 0 Å². The minimum atomic E-state index is -3.08. The molecule has 80 valence electrons. The number of carbonyl (C=O) groups is 2. The molecule has 0 aromatic heterocycles. The van der Waals surface area contributed by atoms with E-state index in [1.807, 2.05) is 0 Å². The Morgan fingerprint density at radius 1 is 1.43 bits per heavy atom. The summed E-state index contributed by atoms with van der Waals surface area (Å²) in [6.45, 7) is 0.745. The van der Waals surface area contributed by atoms with Crippen LogP contribution in [0.3, 0.4) is 0 Å². The summed E-state index contributed by atoms with van der Waals surface area (Å²) >= 11 is 0. The van der Waals surface area contributed by atoms with Gasteiger partial charge in [-0.15, -0.1) is 0 Å². The normalized spacial score (nSPS) is 16.8. The van der Waals surface area contributed by atoms with Crippen LogP contribution in [0.5, 0.6) is 0 Å². The van der Waals surface area contributed by atoms with Crippen molar-refractivity contribution < 1.29 is 34.0 Å². The minimum Gasteiger partial charge on any atom is -0.479 e. The first-order valence-corrected chi connectivity index (χ1v) is 4.85. The lowest BCUT2D eigenvalue weighted by Gasteiger charge is -2.23. The van der Waals surface area contributed by atoms with Crippen molar-refractivity contribution in [3.63, 3.8) is 0 Å². The van der Waals surface area contributed by atoms with Gasteiger partial charge in [-0.25, -0.2) is 13.9 Å². The van der Waals surface area contributed by atoms with Crippen LogP contribution in [0.15, 0.2) is 0 Å². The van der Waals surface area contributed by atoms with Crippen LogP contribution in [0.1, 0.15) is 6.92 Å². The highest BCUT2D eigenvalue weighted by atomic mass is 31.1. The molecule has 0 heterocycles. The molecule has 14 heavy (non-hydrogen) atoms. The van der Waals surface area contributed by atoms with E-state index in [0.29, 0.717) is 0 Å². The third-order valence-electron chi connectivity index (χ3n) is 1.67. The molecule has 0 rings (SSSR count). The Balaban J connectivity index is 5.01. The summed E-state index contributed by atoms with van der Waals surface area (Å²) in [6, 6.07) is 0. The molecule has 0 aromatic rings. The van der Waals surface area contributed by atoms with E-state index >= 15 is 0 Å². The number of aliphatic hydroxyl groups is 2. The van der Waals surface area contributed by atoms with E-state index in [9.17, 15) is 23.8 Å². The number of carbonyl (C=O) groups excluding carboxylic acids is 1. The molecule has 7 nitrogen and oxygen atoms in total. The fourth-order valence-electron chi connectivity index (χ4n) is 0.801. The van der Waals surface area contributed by atoms with Gasteiger partial charge in [0.05, 0.1) is 6.16 Å². The first-order chi connectivity index (χ1) is 6.22. The predicted octanol–water partition coefficient (Wildman–Crippen LogP) is -1.08. The van der Waals surface area contributed by atoms with Crippen LogP contribution in [-0.4, -0.2) is 44.9 Å². The van der Waals surface area contributed by atoms with Crippen molar-refractivity contribution in [3.8, 4) is 0 Å². The van der Waals surface area contributed by atoms with Gasteiger partial charge in [0, 0.05) is 0 Å². The second-order valence-electron chi connectivity index (χ2n) is 2.66. The van der Waals surface area contributed by atoms with Crippen molar-refractivity contribution in [1.82, 2.24) is 0 Å². The molecular weight excluding hydrogens is 215 g/mol. The van der Waals surface area contributed by atoms with Crippen LogP contribution in [-0.2, 0) is 18.7 Å². The zero-order valence-electron chi connectivity index (χ0n) is 7.21. The highest BCUT2D eigenvalue weighted by Gasteiger charge is 2.48. The number of ketones is 1. The molecule has 3 N–H and O–H groups in total. The molecular formula is C6H9O7P. The Bertz CT molecular complexity index is 296. The Kier molecular flexibility index (Phi) is 4.12. The van der Waals surface area contributed by atoms with E-state index < -0.39 is 37.3 Å². The van der Waals surface area contributed by atoms with E-state index in [-0.39, 0.29) is 0 Å². The molecule has 0 radical (unpaired) electrons. The lowest BCUT2D eigenvalue weighted by molar-refractivity contribution is -0.174. The van der Waals surface area contributed by atoms with Gasteiger partial charge in [-0.2, -0.15) is 0 Å². The number of aliphatic carboxylic acids is 1. The van der Waals surface area contributed by atoms with Gasteiger partial charge in [0.25, 0.3) is 0 Å². The smallest absolute Gasteiger partial charge is 0.346 e. The average Bonchev–Trinajstić information content (AvgIpc) is 2.00. The molecule has 2 atom stereocenters. The molecule has 0 amide bonds. The molecule has 0 fully saturated rings. The first kappa shape index (κ1) is 13.0. The number of hydrogen-bond donors (Lipinski definition) is 3. The zero-order chi connectivity index (χ0) is 11.5. The standard InChI is InChI=1S/C6H9O7P/c1-3(7)6(11,5(9)10)4(8)2-14(12)13/h4,8,11H,2H2,1H3,(H,9,10). The minimum absolute atomic E-state index is 0.745. The quantitative estimate of drug-likeness (QED) is 0.400. The van der Waals surface area contributed by atoms with Gasteiger partial charge in [0.1, 0.15) is 6.10 Å². The van der Waals surface area contributed by atoms with Crippen molar-refractivity contribution in [2.24, 2.45) is 0 Å². The number of Topliss-reactive ketones (excluding diaryl/α,β-unsaturated/α-hetero) is 1. The zero-order valence-corrected chi connectivity index (χ0v) is 8.10. The monoisotopic (exact) mass is 224 g/mol. The SMILES string of the molecule is CC(=O)C(O)(C(=O)O)C(O)CP(=O)=O. The Morgan fingerprint density at radius 3 is 2.07 bits per heavy atom. The first-order valence-electron chi connectivity index (χ1n) is 3.49. The largest absolute Gasteiger partial charge is 0.479 e. The summed E-state index contributed by atoms with van der Waals surface area (Å²) in [7, 11) is -3.08. The van der Waals surface area contributed by atoms with E-state index in [4.69, 9.17) is 10.2 Å². The van der Waals surface area contributed by atoms with E-state index in [0.717, 1.165) is 6.92 Å². The summed E-state index contributed by atoms with van der Waals surface area (Å²) in [6.07, 6.45) is -3.16. The third kappa shape index (κ3) is 2.47. The molecule has 2 unspecified atom stereocenters. The molecule has 0 saturated heterocycles. The highest BCUT2D eigenvalue weighted by Crippen LogP contribution is 2.18. The second kappa shape index (κ2) is 4.45. The average molecular weight is 224 g/mol.